The summed E-state index contributed by atoms with van der Waals surface area (Å²) in [5.74, 6) is -0.145. The van der Waals surface area contributed by atoms with E-state index in [9.17, 15) is 13.6 Å². The molecular weight excluding hydrogens is 254 g/mol. The van der Waals surface area contributed by atoms with Crippen LogP contribution in [0.25, 0.3) is 0 Å². The van der Waals surface area contributed by atoms with Crippen molar-refractivity contribution in [1.82, 2.24) is 4.90 Å². The number of benzene rings is 1. The summed E-state index contributed by atoms with van der Waals surface area (Å²) >= 11 is 0. The molecule has 0 aliphatic carbocycles. The first-order valence-corrected chi connectivity index (χ1v) is 5.97. The van der Waals surface area contributed by atoms with Gasteiger partial charge in [0.2, 0.25) is 0 Å². The Morgan fingerprint density at radius 3 is 2.42 bits per heavy atom. The lowest BCUT2D eigenvalue weighted by atomic mass is 10.1. The van der Waals surface area contributed by atoms with Crippen LogP contribution < -0.4 is 10.5 Å². The number of carbonyl (C=O) groups excluding carboxylic acids is 1. The van der Waals surface area contributed by atoms with Crippen LogP contribution in [0.15, 0.2) is 24.3 Å². The van der Waals surface area contributed by atoms with Gasteiger partial charge in [-0.05, 0) is 44.2 Å². The van der Waals surface area contributed by atoms with Gasteiger partial charge in [0.25, 0.3) is 5.91 Å². The minimum absolute atomic E-state index is 0.0227. The van der Waals surface area contributed by atoms with Crippen molar-refractivity contribution < 1.29 is 18.3 Å². The number of alkyl halides is 2. The third-order valence-electron chi connectivity index (χ3n) is 2.89. The number of hydrogen-bond acceptors (Lipinski definition) is 3. The maximum Gasteiger partial charge on any atom is 0.387 e. The van der Waals surface area contributed by atoms with Crippen LogP contribution >= 0.6 is 0 Å². The van der Waals surface area contributed by atoms with E-state index in [1.54, 1.807) is 11.9 Å². The molecule has 2 N–H and O–H groups in total. The Hall–Kier alpha value is -1.69. The summed E-state index contributed by atoms with van der Waals surface area (Å²) in [4.78, 5) is 13.7. The first-order chi connectivity index (χ1) is 8.95. The summed E-state index contributed by atoms with van der Waals surface area (Å²) in [5, 5.41) is 0. The molecule has 106 valence electrons. The zero-order valence-corrected chi connectivity index (χ0v) is 11.0. The summed E-state index contributed by atoms with van der Waals surface area (Å²) in [5.41, 5.74) is 5.87. The maximum absolute atomic E-state index is 12.1. The van der Waals surface area contributed by atoms with E-state index in [0.29, 0.717) is 18.5 Å². The van der Waals surface area contributed by atoms with Gasteiger partial charge < -0.3 is 15.4 Å². The van der Waals surface area contributed by atoms with Gasteiger partial charge >= 0.3 is 6.61 Å². The molecule has 6 heteroatoms. The van der Waals surface area contributed by atoms with Crippen LogP contribution in [0.1, 0.15) is 23.7 Å². The fourth-order valence-electron chi connectivity index (χ4n) is 1.62. The number of halogens is 2. The van der Waals surface area contributed by atoms with Gasteiger partial charge in [-0.25, -0.2) is 0 Å². The molecule has 19 heavy (non-hydrogen) atoms. The van der Waals surface area contributed by atoms with Crippen LogP contribution in [0.5, 0.6) is 5.75 Å². The molecule has 0 bridgehead atoms. The zero-order chi connectivity index (χ0) is 14.4. The van der Waals surface area contributed by atoms with Crippen molar-refractivity contribution in [3.05, 3.63) is 29.8 Å². The summed E-state index contributed by atoms with van der Waals surface area (Å²) in [6.07, 6.45) is 0.703. The molecule has 0 saturated carbocycles. The van der Waals surface area contributed by atoms with Gasteiger partial charge in [0.05, 0.1) is 0 Å². The number of rotatable bonds is 6. The average Bonchev–Trinajstić information content (AvgIpc) is 2.37. The van der Waals surface area contributed by atoms with Crippen LogP contribution in [-0.2, 0) is 0 Å². The van der Waals surface area contributed by atoms with Crippen LogP contribution in [0.2, 0.25) is 0 Å². The Morgan fingerprint density at radius 1 is 1.37 bits per heavy atom. The van der Waals surface area contributed by atoms with Crippen molar-refractivity contribution in [3.8, 4) is 5.75 Å². The van der Waals surface area contributed by atoms with Gasteiger partial charge in [-0.2, -0.15) is 8.78 Å². The van der Waals surface area contributed by atoms with Gasteiger partial charge in [0, 0.05) is 18.7 Å². The Labute approximate surface area is 111 Å². The molecule has 1 aromatic carbocycles. The summed E-state index contributed by atoms with van der Waals surface area (Å²) < 4.78 is 28.2. The molecule has 0 spiro atoms. The average molecular weight is 272 g/mol. The molecule has 0 aliphatic rings. The van der Waals surface area contributed by atoms with Crippen LogP contribution in [0.3, 0.4) is 0 Å². The number of hydrogen-bond donors (Lipinski definition) is 1. The van der Waals surface area contributed by atoms with E-state index >= 15 is 0 Å². The highest BCUT2D eigenvalue weighted by molar-refractivity contribution is 5.94. The highest BCUT2D eigenvalue weighted by Crippen LogP contribution is 2.16. The molecular formula is C13H18F2N2O2. The quantitative estimate of drug-likeness (QED) is 0.862. The Bertz CT molecular complexity index is 410. The number of ether oxygens (including phenoxy) is 1. The fourth-order valence-corrected chi connectivity index (χ4v) is 1.62. The molecule has 0 fully saturated rings. The van der Waals surface area contributed by atoms with Crippen molar-refractivity contribution in [2.45, 2.75) is 26.0 Å². The van der Waals surface area contributed by atoms with Crippen LogP contribution in [-0.4, -0.2) is 37.1 Å². The molecule has 1 atom stereocenters. The molecule has 0 aliphatic heterocycles. The standard InChI is InChI=1S/C13H18F2N2O2/c1-9(7-8-16)17(2)12(18)10-3-5-11(6-4-10)19-13(14)15/h3-6,9,13H,7-8,16H2,1-2H3. The van der Waals surface area contributed by atoms with Gasteiger partial charge in [-0.15, -0.1) is 0 Å². The minimum Gasteiger partial charge on any atom is -0.435 e. The van der Waals surface area contributed by atoms with Crippen molar-refractivity contribution in [2.75, 3.05) is 13.6 Å². The normalized spacial score (nSPS) is 12.3. The van der Waals surface area contributed by atoms with Crippen molar-refractivity contribution in [3.63, 3.8) is 0 Å². The molecule has 1 amide bonds. The van der Waals surface area contributed by atoms with E-state index in [1.807, 2.05) is 6.92 Å². The molecule has 0 saturated heterocycles. The minimum atomic E-state index is -2.87. The van der Waals surface area contributed by atoms with Gasteiger partial charge in [-0.1, -0.05) is 0 Å². The molecule has 0 aromatic heterocycles. The SMILES string of the molecule is CC(CCN)N(C)C(=O)c1ccc(OC(F)F)cc1. The van der Waals surface area contributed by atoms with Gasteiger partial charge in [-0.3, -0.25) is 4.79 Å². The van der Waals surface area contributed by atoms with Gasteiger partial charge in [0.15, 0.2) is 0 Å². The van der Waals surface area contributed by atoms with Crippen molar-refractivity contribution >= 4 is 5.91 Å². The van der Waals surface area contributed by atoms with Crippen LogP contribution in [0, 0.1) is 0 Å². The van der Waals surface area contributed by atoms with Crippen molar-refractivity contribution in [1.29, 1.82) is 0 Å². The van der Waals surface area contributed by atoms with Crippen molar-refractivity contribution in [2.24, 2.45) is 5.73 Å². The number of nitrogens with zero attached hydrogens (tertiary/aromatic N) is 1. The molecule has 1 aromatic rings. The monoisotopic (exact) mass is 272 g/mol. The fraction of sp³-hybridized carbons (Fsp3) is 0.462. The zero-order valence-electron chi connectivity index (χ0n) is 11.0. The third-order valence-corrected chi connectivity index (χ3v) is 2.89. The third kappa shape index (κ3) is 4.48. The molecule has 1 rings (SSSR count). The lowest BCUT2D eigenvalue weighted by molar-refractivity contribution is -0.0498. The van der Waals surface area contributed by atoms with Gasteiger partial charge in [0.1, 0.15) is 5.75 Å². The first-order valence-electron chi connectivity index (χ1n) is 5.97. The lowest BCUT2D eigenvalue weighted by Gasteiger charge is -2.24. The number of nitrogens with two attached hydrogens (primary N) is 1. The number of amides is 1. The predicted molar refractivity (Wildman–Crippen MR) is 68.3 cm³/mol. The predicted octanol–water partition coefficient (Wildman–Crippen LogP) is 2.10. The second kappa shape index (κ2) is 7.04. The highest BCUT2D eigenvalue weighted by Gasteiger charge is 2.17. The Kier molecular flexibility index (Phi) is 5.69. The Balaban J connectivity index is 2.72. The maximum atomic E-state index is 12.1. The van der Waals surface area contributed by atoms with E-state index in [2.05, 4.69) is 4.74 Å². The molecule has 4 nitrogen and oxygen atoms in total. The molecule has 1 unspecified atom stereocenters. The summed E-state index contributed by atoms with van der Waals surface area (Å²) in [6.45, 7) is -0.465. The van der Waals surface area contributed by atoms with E-state index in [1.165, 1.54) is 24.3 Å². The Morgan fingerprint density at radius 2 is 1.95 bits per heavy atom. The first kappa shape index (κ1) is 15.4. The van der Waals surface area contributed by atoms with E-state index < -0.39 is 6.61 Å². The molecule has 0 radical (unpaired) electrons. The highest BCUT2D eigenvalue weighted by atomic mass is 19.3. The second-order valence-corrected chi connectivity index (χ2v) is 4.25. The van der Waals surface area contributed by atoms with E-state index in [4.69, 9.17) is 5.73 Å². The molecule has 0 heterocycles. The smallest absolute Gasteiger partial charge is 0.387 e. The number of carbonyl (C=O) groups is 1. The van der Waals surface area contributed by atoms with Crippen LogP contribution in [0.4, 0.5) is 8.78 Å². The second-order valence-electron chi connectivity index (χ2n) is 4.25. The van der Waals surface area contributed by atoms with E-state index in [-0.39, 0.29) is 17.7 Å². The largest absolute Gasteiger partial charge is 0.435 e. The summed E-state index contributed by atoms with van der Waals surface area (Å²) in [6, 6.07) is 5.65. The lowest BCUT2D eigenvalue weighted by Crippen LogP contribution is -2.36. The van der Waals surface area contributed by atoms with E-state index in [0.717, 1.165) is 0 Å². The summed E-state index contributed by atoms with van der Waals surface area (Å²) in [7, 11) is 1.69. The topological polar surface area (TPSA) is 55.6 Å².